The Kier molecular flexibility index (Phi) is 8.37. The second-order valence-corrected chi connectivity index (χ2v) is 13.8. The van der Waals surface area contributed by atoms with Crippen molar-refractivity contribution in [3.63, 3.8) is 0 Å². The first-order valence-corrected chi connectivity index (χ1v) is 15.0. The molecule has 3 aromatic rings. The van der Waals surface area contributed by atoms with Crippen molar-refractivity contribution >= 4 is 15.0 Å². The Morgan fingerprint density at radius 3 is 1.97 bits per heavy atom. The molecule has 0 spiro atoms. The predicted octanol–water partition coefficient (Wildman–Crippen LogP) is 7.73. The van der Waals surface area contributed by atoms with E-state index in [1.165, 1.54) is 41.3 Å². The topological polar surface area (TPSA) is 27.7 Å². The van der Waals surface area contributed by atoms with Crippen LogP contribution >= 0.6 is 0 Å². The molecule has 1 heterocycles. The molecule has 1 fully saturated rings. The van der Waals surface area contributed by atoms with Crippen LogP contribution in [-0.4, -0.2) is 36.3 Å². The molecule has 2 atom stereocenters. The molecule has 36 heavy (non-hydrogen) atoms. The molecule has 2 unspecified atom stereocenters. The van der Waals surface area contributed by atoms with Crippen molar-refractivity contribution in [2.45, 2.75) is 67.4 Å². The molecule has 0 saturated carbocycles. The van der Waals surface area contributed by atoms with Gasteiger partial charge in [0.15, 0.2) is 0 Å². The van der Waals surface area contributed by atoms with Crippen molar-refractivity contribution in [2.24, 2.45) is 0 Å². The third-order valence-corrected chi connectivity index (χ3v) is 10.9. The number of ether oxygens (including phenoxy) is 3. The third kappa shape index (κ3) is 5.61. The standard InChI is InChI=1S/C32H40O3Se/c1-31(2,3)24-16-14-23(15-17-24)27(30-28(34-5)20-26(33-4)21-29(30)35-6)22-32(18-10-11-19-36-32)25-12-8-7-9-13-25/h7-9,12-17,20-21,27H,10-11,18-19,22H2,1-6H3. The van der Waals surface area contributed by atoms with Crippen molar-refractivity contribution in [1.82, 2.24) is 0 Å². The summed E-state index contributed by atoms with van der Waals surface area (Å²) < 4.78 is 17.7. The molecule has 0 radical (unpaired) electrons. The summed E-state index contributed by atoms with van der Waals surface area (Å²) in [5.74, 6) is 2.52. The third-order valence-electron chi connectivity index (χ3n) is 7.47. The molecule has 3 nitrogen and oxygen atoms in total. The van der Waals surface area contributed by atoms with E-state index in [2.05, 4.69) is 75.4 Å². The molecule has 0 N–H and O–H groups in total. The summed E-state index contributed by atoms with van der Waals surface area (Å²) in [5, 5.41) is 1.33. The normalized spacial score (nSPS) is 18.9. The van der Waals surface area contributed by atoms with E-state index in [0.717, 1.165) is 29.2 Å². The van der Waals surface area contributed by atoms with Crippen LogP contribution in [0.5, 0.6) is 17.2 Å². The zero-order chi connectivity index (χ0) is 25.8. The van der Waals surface area contributed by atoms with Crippen molar-refractivity contribution in [2.75, 3.05) is 21.3 Å². The molecule has 0 aliphatic carbocycles. The summed E-state index contributed by atoms with van der Waals surface area (Å²) in [6.45, 7) is 6.80. The molecular weight excluding hydrogens is 511 g/mol. The van der Waals surface area contributed by atoms with Crippen LogP contribution in [-0.2, 0) is 9.73 Å². The molecule has 3 aromatic carbocycles. The number of hydrogen-bond acceptors (Lipinski definition) is 3. The fourth-order valence-corrected chi connectivity index (χ4v) is 8.80. The molecule has 4 heteroatoms. The number of methoxy groups -OCH3 is 3. The Hall–Kier alpha value is -2.42. The minimum absolute atomic E-state index is 0.112. The Bertz CT molecular complexity index is 1100. The summed E-state index contributed by atoms with van der Waals surface area (Å²) in [5.41, 5.74) is 5.36. The summed E-state index contributed by atoms with van der Waals surface area (Å²) in [6.07, 6.45) is 4.89. The van der Waals surface area contributed by atoms with Gasteiger partial charge in [-0.25, -0.2) is 0 Å². The van der Waals surface area contributed by atoms with Gasteiger partial charge in [-0.2, -0.15) is 0 Å². The van der Waals surface area contributed by atoms with Crippen molar-refractivity contribution in [3.05, 3.63) is 89.0 Å². The van der Waals surface area contributed by atoms with E-state index in [4.69, 9.17) is 14.2 Å². The van der Waals surface area contributed by atoms with Gasteiger partial charge in [-0.05, 0) is 0 Å². The van der Waals surface area contributed by atoms with Crippen LogP contribution in [0.4, 0.5) is 0 Å². The quantitative estimate of drug-likeness (QED) is 0.268. The Balaban J connectivity index is 1.90. The van der Waals surface area contributed by atoms with E-state index in [-0.39, 0.29) is 15.6 Å². The summed E-state index contributed by atoms with van der Waals surface area (Å²) in [4.78, 5) is 0. The van der Waals surface area contributed by atoms with Crippen molar-refractivity contribution in [3.8, 4) is 17.2 Å². The Morgan fingerprint density at radius 2 is 1.47 bits per heavy atom. The van der Waals surface area contributed by atoms with Crippen molar-refractivity contribution < 1.29 is 14.2 Å². The molecule has 0 bridgehead atoms. The number of rotatable bonds is 8. The zero-order valence-corrected chi connectivity index (χ0v) is 24.3. The predicted molar refractivity (Wildman–Crippen MR) is 150 cm³/mol. The summed E-state index contributed by atoms with van der Waals surface area (Å²) in [7, 11) is 5.18. The van der Waals surface area contributed by atoms with Crippen LogP contribution < -0.4 is 14.2 Å². The molecule has 1 saturated heterocycles. The zero-order valence-electron chi connectivity index (χ0n) is 22.6. The van der Waals surface area contributed by atoms with Crippen LogP contribution in [0.3, 0.4) is 0 Å². The van der Waals surface area contributed by atoms with E-state index >= 15 is 0 Å². The average molecular weight is 552 g/mol. The maximum absolute atomic E-state index is 5.98. The fraction of sp³-hybridized carbons (Fsp3) is 0.438. The molecule has 1 aliphatic heterocycles. The van der Waals surface area contributed by atoms with Crippen LogP contribution in [0.15, 0.2) is 66.7 Å². The van der Waals surface area contributed by atoms with E-state index in [9.17, 15) is 0 Å². The molecule has 0 amide bonds. The van der Waals surface area contributed by atoms with Gasteiger partial charge in [-0.3, -0.25) is 0 Å². The van der Waals surface area contributed by atoms with E-state index in [1.54, 1.807) is 21.3 Å². The molecule has 0 aromatic heterocycles. The Labute approximate surface area is 223 Å². The number of benzene rings is 3. The minimum atomic E-state index is 0.112. The van der Waals surface area contributed by atoms with E-state index in [1.807, 2.05) is 12.1 Å². The average Bonchev–Trinajstić information content (AvgIpc) is 2.91. The first kappa shape index (κ1) is 26.6. The van der Waals surface area contributed by atoms with Gasteiger partial charge in [0, 0.05) is 0 Å². The molecule has 4 rings (SSSR count). The van der Waals surface area contributed by atoms with Crippen LogP contribution in [0, 0.1) is 0 Å². The SMILES string of the molecule is COc1cc(OC)c(C(CC2(c3ccccc3)CCCC[Se]2)c2ccc(C(C)(C)C)cc2)c(OC)c1. The van der Waals surface area contributed by atoms with Gasteiger partial charge in [-0.15, -0.1) is 0 Å². The van der Waals surface area contributed by atoms with Crippen LogP contribution in [0.2, 0.25) is 5.32 Å². The molecule has 1 aliphatic rings. The fourth-order valence-electron chi connectivity index (χ4n) is 5.41. The van der Waals surface area contributed by atoms with Gasteiger partial charge in [0.1, 0.15) is 0 Å². The second kappa shape index (κ2) is 11.3. The Morgan fingerprint density at radius 1 is 0.833 bits per heavy atom. The summed E-state index contributed by atoms with van der Waals surface area (Å²) in [6, 6.07) is 24.4. The first-order chi connectivity index (χ1) is 17.3. The first-order valence-electron chi connectivity index (χ1n) is 12.9. The molecular formula is C32H40O3Se. The molecule has 192 valence electrons. The number of hydrogen-bond donors (Lipinski definition) is 0. The van der Waals surface area contributed by atoms with E-state index < -0.39 is 0 Å². The maximum atomic E-state index is 5.98. The van der Waals surface area contributed by atoms with Gasteiger partial charge < -0.3 is 0 Å². The summed E-state index contributed by atoms with van der Waals surface area (Å²) >= 11 is 0.517. The van der Waals surface area contributed by atoms with E-state index in [0.29, 0.717) is 15.0 Å². The van der Waals surface area contributed by atoms with Gasteiger partial charge in [0.2, 0.25) is 0 Å². The van der Waals surface area contributed by atoms with Gasteiger partial charge >= 0.3 is 224 Å². The second-order valence-electron chi connectivity index (χ2n) is 10.7. The van der Waals surface area contributed by atoms with Crippen LogP contribution in [0.1, 0.15) is 74.6 Å². The van der Waals surface area contributed by atoms with Gasteiger partial charge in [-0.1, -0.05) is 0 Å². The van der Waals surface area contributed by atoms with Gasteiger partial charge in [0.05, 0.1) is 0 Å². The monoisotopic (exact) mass is 552 g/mol. The van der Waals surface area contributed by atoms with Crippen LogP contribution in [0.25, 0.3) is 0 Å². The van der Waals surface area contributed by atoms with Crippen molar-refractivity contribution in [1.29, 1.82) is 0 Å². The van der Waals surface area contributed by atoms with Gasteiger partial charge in [0.25, 0.3) is 0 Å².